The first-order valence-corrected chi connectivity index (χ1v) is 26.2. The monoisotopic (exact) mass is 884 g/mol. The number of nitrogens with one attached hydrogen (secondary N) is 1. The zero-order valence-corrected chi connectivity index (χ0v) is 40.2. The first kappa shape index (κ1) is 58.2. The topological polar surface area (TPSA) is 161 Å². The van der Waals surface area contributed by atoms with E-state index in [1.807, 2.05) is 0 Å². The van der Waals surface area contributed by atoms with Crippen LogP contribution in [-0.2, 0) is 33.3 Å². The number of rotatable bonds is 44. The molecule has 0 aliphatic carbocycles. The highest BCUT2D eigenvalue weighted by molar-refractivity contribution is 5.75. The van der Waals surface area contributed by atoms with Gasteiger partial charge in [-0.1, -0.05) is 213 Å². The van der Waals surface area contributed by atoms with E-state index in [1.54, 1.807) is 0 Å². The van der Waals surface area contributed by atoms with Crippen LogP contribution in [-0.4, -0.2) is 89.7 Å². The maximum Gasteiger partial charge on any atom is 0.306 e. The zero-order valence-electron chi connectivity index (χ0n) is 40.2. The van der Waals surface area contributed by atoms with Gasteiger partial charge < -0.3 is 39.6 Å². The Morgan fingerprint density at radius 1 is 0.468 bits per heavy atom. The van der Waals surface area contributed by atoms with Gasteiger partial charge in [0.25, 0.3) is 0 Å². The fourth-order valence-electron chi connectivity index (χ4n) is 8.16. The van der Waals surface area contributed by atoms with Gasteiger partial charge in [0.2, 0.25) is 5.91 Å². The van der Waals surface area contributed by atoms with Gasteiger partial charge in [-0.2, -0.15) is 0 Å². The van der Waals surface area contributed by atoms with E-state index in [4.69, 9.17) is 18.9 Å². The Hall–Kier alpha value is -1.79. The summed E-state index contributed by atoms with van der Waals surface area (Å²) in [6, 6.07) is 0. The Morgan fingerprint density at radius 3 is 1.26 bits per heavy atom. The SMILES string of the molecule is CCCCCCCCCCCCCC(=O)NC[C@H]1O[C@H](OC[C@@H](COC(=O)CCCCCCCCCCCCC)OC(=O)CCCCCCCCCCCCC)[C@@H](O)[C@@H](O)[C@@H]1O. The second-order valence-electron chi connectivity index (χ2n) is 18.3. The number of hydrogen-bond donors (Lipinski definition) is 4. The van der Waals surface area contributed by atoms with E-state index in [9.17, 15) is 29.7 Å². The molecule has 0 radical (unpaired) electrons. The quantitative estimate of drug-likeness (QED) is 0.0342. The Morgan fingerprint density at radius 2 is 0.839 bits per heavy atom. The van der Waals surface area contributed by atoms with Crippen LogP contribution < -0.4 is 5.32 Å². The molecule has 1 amide bonds. The molecule has 0 spiro atoms. The molecule has 6 atom stereocenters. The zero-order chi connectivity index (χ0) is 45.3. The van der Waals surface area contributed by atoms with E-state index in [2.05, 4.69) is 26.1 Å². The normalized spacial score (nSPS) is 19.4. The molecule has 366 valence electrons. The highest BCUT2D eigenvalue weighted by Gasteiger charge is 2.44. The lowest BCUT2D eigenvalue weighted by Gasteiger charge is -2.40. The van der Waals surface area contributed by atoms with Crippen LogP contribution in [0.3, 0.4) is 0 Å². The predicted molar refractivity (Wildman–Crippen MR) is 250 cm³/mol. The van der Waals surface area contributed by atoms with Crippen LogP contribution in [0.1, 0.15) is 252 Å². The molecule has 1 aliphatic rings. The summed E-state index contributed by atoms with van der Waals surface area (Å²) in [4.78, 5) is 38.2. The minimum atomic E-state index is -1.59. The van der Waals surface area contributed by atoms with Crippen molar-refractivity contribution in [3.63, 3.8) is 0 Å². The van der Waals surface area contributed by atoms with Crippen molar-refractivity contribution >= 4 is 17.8 Å². The Labute approximate surface area is 379 Å². The van der Waals surface area contributed by atoms with Crippen LogP contribution in [0.25, 0.3) is 0 Å². The molecule has 1 heterocycles. The van der Waals surface area contributed by atoms with Gasteiger partial charge >= 0.3 is 11.9 Å². The van der Waals surface area contributed by atoms with Gasteiger partial charge in [0, 0.05) is 25.8 Å². The number of esters is 2. The second kappa shape index (κ2) is 41.9. The van der Waals surface area contributed by atoms with Crippen molar-refractivity contribution in [3.8, 4) is 0 Å². The van der Waals surface area contributed by atoms with Crippen molar-refractivity contribution in [2.45, 2.75) is 289 Å². The molecule has 0 aromatic rings. The molecule has 0 aromatic carbocycles. The molecule has 11 nitrogen and oxygen atoms in total. The van der Waals surface area contributed by atoms with E-state index in [0.717, 1.165) is 57.8 Å². The lowest BCUT2D eigenvalue weighted by molar-refractivity contribution is -0.299. The van der Waals surface area contributed by atoms with Gasteiger partial charge in [0.1, 0.15) is 31.0 Å². The summed E-state index contributed by atoms with van der Waals surface area (Å²) >= 11 is 0. The third kappa shape index (κ3) is 32.8. The van der Waals surface area contributed by atoms with Crippen LogP contribution in [0.4, 0.5) is 0 Å². The van der Waals surface area contributed by atoms with Crippen LogP contribution in [0, 0.1) is 0 Å². The van der Waals surface area contributed by atoms with E-state index >= 15 is 0 Å². The lowest BCUT2D eigenvalue weighted by atomic mass is 9.98. The molecule has 0 saturated carbocycles. The Kier molecular flexibility index (Phi) is 39.3. The summed E-state index contributed by atoms with van der Waals surface area (Å²) < 4.78 is 23.0. The summed E-state index contributed by atoms with van der Waals surface area (Å²) in [7, 11) is 0. The van der Waals surface area contributed by atoms with Crippen molar-refractivity contribution in [1.29, 1.82) is 0 Å². The standard InChI is InChI=1S/C51H97NO10/c1-4-7-10-13-16-19-22-25-28-31-34-37-45(53)52-40-44-48(56)49(57)50(58)51(62-44)60-42-43(61-47(55)39-36-33-30-27-24-21-18-15-12-9-6-3)41-59-46(54)38-35-32-29-26-23-20-17-14-11-8-5-2/h43-44,48-51,56-58H,4-42H2,1-3H3,(H,52,53)/t43-,44-,48-,49+,50+,51+/m1/s1. The summed E-state index contributed by atoms with van der Waals surface area (Å²) in [6.07, 6.45) is 31.7. The minimum Gasteiger partial charge on any atom is -0.462 e. The number of aliphatic hydroxyl groups excluding tert-OH is 3. The van der Waals surface area contributed by atoms with Crippen LogP contribution in [0.15, 0.2) is 0 Å². The minimum absolute atomic E-state index is 0.0737. The number of amides is 1. The average Bonchev–Trinajstić information content (AvgIpc) is 3.26. The van der Waals surface area contributed by atoms with Crippen LogP contribution >= 0.6 is 0 Å². The van der Waals surface area contributed by atoms with Gasteiger partial charge in [0.05, 0.1) is 6.61 Å². The average molecular weight is 884 g/mol. The lowest BCUT2D eigenvalue weighted by Crippen LogP contribution is -2.60. The van der Waals surface area contributed by atoms with Gasteiger partial charge in [-0.25, -0.2) is 0 Å². The number of ether oxygens (including phenoxy) is 4. The number of hydrogen-bond acceptors (Lipinski definition) is 10. The van der Waals surface area contributed by atoms with Crippen LogP contribution in [0.5, 0.6) is 0 Å². The molecule has 11 heteroatoms. The van der Waals surface area contributed by atoms with E-state index < -0.39 is 42.8 Å². The highest BCUT2D eigenvalue weighted by Crippen LogP contribution is 2.23. The van der Waals surface area contributed by atoms with Crippen molar-refractivity contribution in [2.75, 3.05) is 19.8 Å². The van der Waals surface area contributed by atoms with Crippen molar-refractivity contribution < 1.29 is 48.7 Å². The first-order valence-electron chi connectivity index (χ1n) is 26.2. The maximum absolute atomic E-state index is 12.9. The van der Waals surface area contributed by atoms with Crippen molar-refractivity contribution in [3.05, 3.63) is 0 Å². The van der Waals surface area contributed by atoms with Gasteiger partial charge in [0.15, 0.2) is 12.4 Å². The maximum atomic E-state index is 12.9. The van der Waals surface area contributed by atoms with E-state index in [0.29, 0.717) is 12.8 Å². The molecule has 1 aliphatic heterocycles. The smallest absolute Gasteiger partial charge is 0.306 e. The summed E-state index contributed by atoms with van der Waals surface area (Å²) in [5, 5.41) is 34.9. The molecular weight excluding hydrogens is 787 g/mol. The van der Waals surface area contributed by atoms with E-state index in [1.165, 1.54) is 148 Å². The largest absolute Gasteiger partial charge is 0.462 e. The summed E-state index contributed by atoms with van der Waals surface area (Å²) in [5.41, 5.74) is 0. The first-order chi connectivity index (χ1) is 30.2. The number of unbranched alkanes of at least 4 members (excludes halogenated alkanes) is 30. The molecule has 4 N–H and O–H groups in total. The summed E-state index contributed by atoms with van der Waals surface area (Å²) in [5.74, 6) is -0.965. The highest BCUT2D eigenvalue weighted by atomic mass is 16.7. The Bertz CT molecular complexity index is 1050. The molecule has 1 rings (SSSR count). The fourth-order valence-corrected chi connectivity index (χ4v) is 8.16. The summed E-state index contributed by atoms with van der Waals surface area (Å²) in [6.45, 7) is 6.14. The van der Waals surface area contributed by atoms with Gasteiger partial charge in [-0.15, -0.1) is 0 Å². The molecular formula is C51H97NO10. The number of carbonyl (C=O) groups is 3. The third-order valence-electron chi connectivity index (χ3n) is 12.3. The van der Waals surface area contributed by atoms with Gasteiger partial charge in [-0.05, 0) is 19.3 Å². The number of carbonyl (C=O) groups excluding carboxylic acids is 3. The van der Waals surface area contributed by atoms with E-state index in [-0.39, 0.29) is 44.5 Å². The third-order valence-corrected chi connectivity index (χ3v) is 12.3. The van der Waals surface area contributed by atoms with Crippen LogP contribution in [0.2, 0.25) is 0 Å². The molecule has 62 heavy (non-hydrogen) atoms. The second-order valence-corrected chi connectivity index (χ2v) is 18.3. The van der Waals surface area contributed by atoms with Gasteiger partial charge in [-0.3, -0.25) is 14.4 Å². The molecule has 0 aromatic heterocycles. The van der Waals surface area contributed by atoms with Crippen molar-refractivity contribution in [1.82, 2.24) is 5.32 Å². The Balaban J connectivity index is 2.55. The predicted octanol–water partition coefficient (Wildman–Crippen LogP) is 11.5. The molecule has 0 unspecified atom stereocenters. The molecule has 0 bridgehead atoms. The fraction of sp³-hybridized carbons (Fsp3) is 0.941. The molecule has 1 fully saturated rings. The number of aliphatic hydroxyl groups is 3. The van der Waals surface area contributed by atoms with Crippen molar-refractivity contribution in [2.24, 2.45) is 0 Å². The molecule has 1 saturated heterocycles.